The van der Waals surface area contributed by atoms with Gasteiger partial charge in [-0.3, -0.25) is 14.2 Å². The molecule has 2 aliphatic carbocycles. The number of Topliss-reactive ketones (excluding diaryl/α,β-unsaturated/α-hetero) is 1. The summed E-state index contributed by atoms with van der Waals surface area (Å²) in [6.45, 7) is 0.505. The van der Waals surface area contributed by atoms with E-state index in [9.17, 15) is 9.59 Å². The summed E-state index contributed by atoms with van der Waals surface area (Å²) >= 11 is 3.16. The highest BCUT2D eigenvalue weighted by Crippen LogP contribution is 2.37. The van der Waals surface area contributed by atoms with E-state index in [-0.39, 0.29) is 16.6 Å². The van der Waals surface area contributed by atoms with E-state index in [1.165, 1.54) is 22.2 Å². The van der Waals surface area contributed by atoms with Crippen LogP contribution in [0.1, 0.15) is 54.5 Å². The van der Waals surface area contributed by atoms with Gasteiger partial charge in [0.25, 0.3) is 5.56 Å². The Kier molecular flexibility index (Phi) is 6.97. The summed E-state index contributed by atoms with van der Waals surface area (Å²) in [5, 5.41) is 1.35. The van der Waals surface area contributed by atoms with E-state index < -0.39 is 0 Å². The number of carbonyl (C=O) groups is 1. The van der Waals surface area contributed by atoms with Crippen molar-refractivity contribution in [2.24, 2.45) is 0 Å². The van der Waals surface area contributed by atoms with Gasteiger partial charge < -0.3 is 9.47 Å². The maximum absolute atomic E-state index is 13.8. The second-order valence-electron chi connectivity index (χ2n) is 9.00. The minimum Gasteiger partial charge on any atom is -0.493 e. The molecule has 2 heterocycles. The summed E-state index contributed by atoms with van der Waals surface area (Å²) in [5.41, 5.74) is 2.29. The maximum atomic E-state index is 13.8. The van der Waals surface area contributed by atoms with Crippen molar-refractivity contribution in [3.05, 3.63) is 44.6 Å². The largest absolute Gasteiger partial charge is 0.493 e. The zero-order valence-corrected chi connectivity index (χ0v) is 21.4. The van der Waals surface area contributed by atoms with E-state index >= 15 is 0 Å². The summed E-state index contributed by atoms with van der Waals surface area (Å²) in [6, 6.07) is 5.85. The Bertz CT molecular complexity index is 1280. The summed E-state index contributed by atoms with van der Waals surface area (Å²) in [5.74, 6) is 1.65. The summed E-state index contributed by atoms with van der Waals surface area (Å²) in [7, 11) is 3.25. The first-order valence-electron chi connectivity index (χ1n) is 12.0. The van der Waals surface area contributed by atoms with Crippen LogP contribution in [0.5, 0.6) is 11.5 Å². The van der Waals surface area contributed by atoms with E-state index in [4.69, 9.17) is 14.5 Å². The van der Waals surface area contributed by atoms with Gasteiger partial charge in [-0.15, -0.1) is 11.3 Å². The monoisotopic (exact) mass is 498 g/mol. The number of thiophene rings is 1. The number of fused-ring (bicyclic) bond motifs is 3. The summed E-state index contributed by atoms with van der Waals surface area (Å²) in [4.78, 5) is 33.7. The van der Waals surface area contributed by atoms with Crippen molar-refractivity contribution < 1.29 is 14.3 Å². The molecule has 0 unspecified atom stereocenters. The molecule has 34 heavy (non-hydrogen) atoms. The number of benzene rings is 1. The average Bonchev–Trinajstić information content (AvgIpc) is 3.37. The maximum Gasteiger partial charge on any atom is 0.263 e. The van der Waals surface area contributed by atoms with Gasteiger partial charge >= 0.3 is 0 Å². The number of carbonyl (C=O) groups excluding carboxylic acids is 1. The van der Waals surface area contributed by atoms with Crippen molar-refractivity contribution in [2.75, 3.05) is 14.2 Å². The molecular formula is C26H30N2O4S2. The topological polar surface area (TPSA) is 70.4 Å². The molecule has 0 aliphatic heterocycles. The Morgan fingerprint density at radius 2 is 1.91 bits per heavy atom. The lowest BCUT2D eigenvalue weighted by atomic mass is 10.1. The van der Waals surface area contributed by atoms with Gasteiger partial charge in [-0.2, -0.15) is 0 Å². The highest BCUT2D eigenvalue weighted by atomic mass is 32.2. The highest BCUT2D eigenvalue weighted by molar-refractivity contribution is 8.00. The van der Waals surface area contributed by atoms with Crippen LogP contribution in [0, 0.1) is 0 Å². The van der Waals surface area contributed by atoms with Crippen LogP contribution in [0.3, 0.4) is 0 Å². The van der Waals surface area contributed by atoms with E-state index in [0.29, 0.717) is 36.0 Å². The van der Waals surface area contributed by atoms with Crippen molar-refractivity contribution in [3.63, 3.8) is 0 Å². The number of ether oxygens (including phenoxy) is 2. The first kappa shape index (κ1) is 23.4. The minimum atomic E-state index is -0.119. The number of aryl methyl sites for hydroxylation is 3. The molecule has 0 amide bonds. The third-order valence-corrected chi connectivity index (χ3v) is 9.35. The lowest BCUT2D eigenvalue weighted by Gasteiger charge is -2.17. The van der Waals surface area contributed by atoms with Crippen LogP contribution in [-0.2, 0) is 30.6 Å². The molecule has 2 aromatic heterocycles. The predicted octanol–water partition coefficient (Wildman–Crippen LogP) is 5.20. The molecule has 1 aromatic carbocycles. The average molecular weight is 499 g/mol. The van der Waals surface area contributed by atoms with E-state index in [1.54, 1.807) is 25.6 Å². The molecule has 1 fully saturated rings. The Labute approximate surface area is 207 Å². The molecule has 1 saturated carbocycles. The van der Waals surface area contributed by atoms with Gasteiger partial charge in [0, 0.05) is 17.8 Å². The number of hydrogen-bond acceptors (Lipinski definition) is 7. The summed E-state index contributed by atoms with van der Waals surface area (Å²) < 4.78 is 12.6. The molecule has 0 N–H and O–H groups in total. The van der Waals surface area contributed by atoms with Crippen LogP contribution >= 0.6 is 23.1 Å². The van der Waals surface area contributed by atoms with Crippen LogP contribution in [0.4, 0.5) is 0 Å². The van der Waals surface area contributed by atoms with Gasteiger partial charge in [-0.05, 0) is 61.8 Å². The van der Waals surface area contributed by atoms with Crippen LogP contribution in [0.25, 0.3) is 10.2 Å². The summed E-state index contributed by atoms with van der Waals surface area (Å²) in [6.07, 6.45) is 8.35. The highest BCUT2D eigenvalue weighted by Gasteiger charge is 2.27. The molecule has 5 rings (SSSR count). The van der Waals surface area contributed by atoms with Crippen molar-refractivity contribution in [2.45, 2.75) is 74.7 Å². The molecule has 0 saturated heterocycles. The zero-order chi connectivity index (χ0) is 23.7. The number of aromatic nitrogens is 2. The molecular weight excluding hydrogens is 468 g/mol. The van der Waals surface area contributed by atoms with Gasteiger partial charge in [0.2, 0.25) is 0 Å². The predicted molar refractivity (Wildman–Crippen MR) is 137 cm³/mol. The zero-order valence-electron chi connectivity index (χ0n) is 19.7. The molecule has 3 aromatic rings. The van der Waals surface area contributed by atoms with Crippen molar-refractivity contribution in [3.8, 4) is 11.5 Å². The van der Waals surface area contributed by atoms with Gasteiger partial charge in [0.05, 0.1) is 24.9 Å². The molecule has 8 heteroatoms. The number of methoxy groups -OCH3 is 2. The molecule has 2 aliphatic rings. The van der Waals surface area contributed by atoms with Crippen molar-refractivity contribution in [1.29, 1.82) is 0 Å². The van der Waals surface area contributed by atoms with Crippen LogP contribution < -0.4 is 15.0 Å². The molecule has 1 atom stereocenters. The fourth-order valence-electron chi connectivity index (χ4n) is 5.00. The Morgan fingerprint density at radius 3 is 2.74 bits per heavy atom. The van der Waals surface area contributed by atoms with Crippen LogP contribution in [-0.4, -0.2) is 34.8 Å². The molecule has 0 bridgehead atoms. The number of ketones is 1. The van der Waals surface area contributed by atoms with Gasteiger partial charge in [-0.25, -0.2) is 4.98 Å². The number of hydrogen-bond donors (Lipinski definition) is 0. The smallest absolute Gasteiger partial charge is 0.263 e. The fourth-order valence-corrected chi connectivity index (χ4v) is 7.55. The van der Waals surface area contributed by atoms with Crippen molar-refractivity contribution >= 4 is 39.1 Å². The van der Waals surface area contributed by atoms with Crippen molar-refractivity contribution in [1.82, 2.24) is 9.55 Å². The second-order valence-corrected chi connectivity index (χ2v) is 11.3. The normalized spacial score (nSPS) is 18.2. The van der Waals surface area contributed by atoms with Crippen LogP contribution in [0.15, 0.2) is 28.2 Å². The minimum absolute atomic E-state index is 0.0356. The molecule has 0 radical (unpaired) electrons. The first-order chi connectivity index (χ1) is 16.6. The van der Waals surface area contributed by atoms with Crippen LogP contribution in [0.2, 0.25) is 0 Å². The molecule has 6 nitrogen and oxygen atoms in total. The quantitative estimate of drug-likeness (QED) is 0.329. The lowest BCUT2D eigenvalue weighted by molar-refractivity contribution is -0.118. The number of rotatable bonds is 7. The number of thioether (sulfide) groups is 1. The van der Waals surface area contributed by atoms with E-state index in [2.05, 4.69) is 0 Å². The van der Waals surface area contributed by atoms with Gasteiger partial charge in [0.15, 0.2) is 16.7 Å². The molecule has 180 valence electrons. The van der Waals surface area contributed by atoms with E-state index in [1.807, 2.05) is 22.8 Å². The van der Waals surface area contributed by atoms with Gasteiger partial charge in [-0.1, -0.05) is 30.7 Å². The lowest BCUT2D eigenvalue weighted by Crippen LogP contribution is -2.26. The fraction of sp³-hybridized carbons (Fsp3) is 0.500. The standard InChI is InChI=1S/C26H30N2O4S2/c1-31-19-12-11-16(15-20(19)32-2)13-14-28-25(30)23-17-7-6-10-21(17)33-24(23)27-26(28)34-22-9-5-3-4-8-18(22)29/h11-12,15,22H,3-10,13-14H2,1-2H3/t22-/m1/s1. The third kappa shape index (κ3) is 4.50. The number of nitrogens with zero attached hydrogens (tertiary/aromatic N) is 2. The Balaban J connectivity index is 1.51. The van der Waals surface area contributed by atoms with E-state index in [0.717, 1.165) is 60.7 Å². The SMILES string of the molecule is COc1ccc(CCn2c(S[C@@H]3CCCCCC3=O)nc3sc4c(c3c2=O)CCC4)cc1OC. The second kappa shape index (κ2) is 10.1. The molecule has 0 spiro atoms. The Hall–Kier alpha value is -2.32. The first-order valence-corrected chi connectivity index (χ1v) is 13.7. The Morgan fingerprint density at radius 1 is 1.06 bits per heavy atom. The third-order valence-electron chi connectivity index (χ3n) is 6.86. The van der Waals surface area contributed by atoms with Gasteiger partial charge in [0.1, 0.15) is 10.6 Å².